The summed E-state index contributed by atoms with van der Waals surface area (Å²) >= 11 is 0. The maximum Gasteiger partial charge on any atom is 0.119 e. The van der Waals surface area contributed by atoms with E-state index in [1.807, 2.05) is 0 Å². The fraction of sp³-hybridized carbons (Fsp3) is 0.647. The maximum atomic E-state index is 9.77. The van der Waals surface area contributed by atoms with Gasteiger partial charge in [-0.3, -0.25) is 0 Å². The second-order valence-corrected chi connectivity index (χ2v) is 5.60. The predicted octanol–water partition coefficient (Wildman–Crippen LogP) is -0.286. The van der Waals surface area contributed by atoms with Gasteiger partial charge in [0.1, 0.15) is 36.9 Å². The third-order valence-corrected chi connectivity index (χ3v) is 3.22. The Morgan fingerprint density at radius 1 is 0.917 bits per heavy atom. The lowest BCUT2D eigenvalue weighted by Gasteiger charge is -2.14. The van der Waals surface area contributed by atoms with Gasteiger partial charge in [-0.25, -0.2) is 0 Å². The van der Waals surface area contributed by atoms with E-state index in [1.54, 1.807) is 24.3 Å². The van der Waals surface area contributed by atoms with E-state index in [9.17, 15) is 10.2 Å². The molecule has 0 fully saturated rings. The molecule has 0 amide bonds. The van der Waals surface area contributed by atoms with Crippen molar-refractivity contribution in [2.45, 2.75) is 25.6 Å². The topological polar surface area (TPSA) is 109 Å². The second kappa shape index (κ2) is 13.0. The van der Waals surface area contributed by atoms with E-state index in [-0.39, 0.29) is 13.2 Å². The summed E-state index contributed by atoms with van der Waals surface area (Å²) in [6.07, 6.45) is -0.0887. The zero-order chi connectivity index (χ0) is 17.6. The Kier molecular flexibility index (Phi) is 11.2. The van der Waals surface area contributed by atoms with Gasteiger partial charge in [0, 0.05) is 26.2 Å². The quantitative estimate of drug-likeness (QED) is 0.296. The maximum absolute atomic E-state index is 9.77. The zero-order valence-electron chi connectivity index (χ0n) is 14.4. The van der Waals surface area contributed by atoms with Gasteiger partial charge in [-0.05, 0) is 37.2 Å². The third-order valence-electron chi connectivity index (χ3n) is 3.22. The van der Waals surface area contributed by atoms with Crippen molar-refractivity contribution in [2.75, 3.05) is 45.9 Å². The molecule has 138 valence electrons. The number of nitrogens with one attached hydrogen (secondary N) is 2. The first-order valence-corrected chi connectivity index (χ1v) is 8.49. The van der Waals surface area contributed by atoms with Crippen LogP contribution in [0.3, 0.4) is 0 Å². The Balaban J connectivity index is 2.22. The molecule has 0 saturated heterocycles. The number of benzene rings is 1. The van der Waals surface area contributed by atoms with Gasteiger partial charge in [0.2, 0.25) is 0 Å². The zero-order valence-corrected chi connectivity index (χ0v) is 14.4. The highest BCUT2D eigenvalue weighted by molar-refractivity contribution is 5.31. The van der Waals surface area contributed by atoms with Gasteiger partial charge in [0.15, 0.2) is 0 Å². The fourth-order valence-corrected chi connectivity index (χ4v) is 1.95. The molecule has 0 bridgehead atoms. The standard InChI is InChI=1S/C17H31N3O4/c1-2-8-19-10-14(21)12-23-16-3-5-17(6-4-16)24-13-15(22)11-20-9-7-18/h3-6,14-15,19-22H,2,7-13,18H2,1H3. The number of ether oxygens (including phenoxy) is 2. The van der Waals surface area contributed by atoms with Gasteiger partial charge in [0.25, 0.3) is 0 Å². The Hall–Kier alpha value is -1.38. The molecule has 0 saturated carbocycles. The first kappa shape index (κ1) is 20.7. The number of hydrogen-bond acceptors (Lipinski definition) is 7. The van der Waals surface area contributed by atoms with Crippen molar-refractivity contribution in [1.29, 1.82) is 0 Å². The molecule has 1 rings (SSSR count). The van der Waals surface area contributed by atoms with E-state index in [2.05, 4.69) is 17.6 Å². The van der Waals surface area contributed by atoms with Gasteiger partial charge in [-0.15, -0.1) is 0 Å². The molecule has 7 heteroatoms. The van der Waals surface area contributed by atoms with Gasteiger partial charge < -0.3 is 36.1 Å². The summed E-state index contributed by atoms with van der Waals surface area (Å²) in [5.41, 5.74) is 5.36. The van der Waals surface area contributed by atoms with E-state index in [0.29, 0.717) is 37.7 Å². The van der Waals surface area contributed by atoms with Gasteiger partial charge in [-0.2, -0.15) is 0 Å². The number of aliphatic hydroxyl groups is 2. The monoisotopic (exact) mass is 341 g/mol. The predicted molar refractivity (Wildman–Crippen MR) is 94.5 cm³/mol. The highest BCUT2D eigenvalue weighted by Crippen LogP contribution is 2.17. The first-order chi connectivity index (χ1) is 11.7. The van der Waals surface area contributed by atoms with Crippen molar-refractivity contribution in [2.24, 2.45) is 5.73 Å². The Morgan fingerprint density at radius 2 is 1.38 bits per heavy atom. The van der Waals surface area contributed by atoms with Crippen molar-refractivity contribution in [3.05, 3.63) is 24.3 Å². The lowest BCUT2D eigenvalue weighted by Crippen LogP contribution is -2.34. The molecule has 2 atom stereocenters. The first-order valence-electron chi connectivity index (χ1n) is 8.49. The van der Waals surface area contributed by atoms with E-state index < -0.39 is 12.2 Å². The average molecular weight is 341 g/mol. The summed E-state index contributed by atoms with van der Waals surface area (Å²) in [6, 6.07) is 7.11. The molecule has 2 unspecified atom stereocenters. The molecule has 0 aromatic heterocycles. The number of nitrogens with two attached hydrogens (primary N) is 1. The molecular weight excluding hydrogens is 310 g/mol. The van der Waals surface area contributed by atoms with E-state index >= 15 is 0 Å². The van der Waals surface area contributed by atoms with Crippen molar-refractivity contribution in [3.63, 3.8) is 0 Å². The van der Waals surface area contributed by atoms with Crippen molar-refractivity contribution in [1.82, 2.24) is 10.6 Å². The number of hydrogen-bond donors (Lipinski definition) is 5. The second-order valence-electron chi connectivity index (χ2n) is 5.60. The highest BCUT2D eigenvalue weighted by Gasteiger charge is 2.06. The lowest BCUT2D eigenvalue weighted by atomic mass is 10.3. The summed E-state index contributed by atoms with van der Waals surface area (Å²) in [5.74, 6) is 1.33. The minimum Gasteiger partial charge on any atom is -0.491 e. The Morgan fingerprint density at radius 3 is 1.79 bits per heavy atom. The summed E-state index contributed by atoms with van der Waals surface area (Å²) < 4.78 is 11.0. The molecule has 0 aliphatic carbocycles. The molecule has 0 heterocycles. The normalized spacial score (nSPS) is 13.5. The minimum absolute atomic E-state index is 0.208. The van der Waals surface area contributed by atoms with Gasteiger partial charge >= 0.3 is 0 Å². The lowest BCUT2D eigenvalue weighted by molar-refractivity contribution is 0.105. The van der Waals surface area contributed by atoms with Crippen LogP contribution in [0, 0.1) is 0 Å². The number of aliphatic hydroxyl groups excluding tert-OH is 2. The van der Waals surface area contributed by atoms with Crippen LogP contribution in [0.2, 0.25) is 0 Å². The van der Waals surface area contributed by atoms with Crippen LogP contribution in [-0.2, 0) is 0 Å². The van der Waals surface area contributed by atoms with Gasteiger partial charge in [0.05, 0.1) is 0 Å². The van der Waals surface area contributed by atoms with E-state index in [4.69, 9.17) is 15.2 Å². The SMILES string of the molecule is CCCNCC(O)COc1ccc(OCC(O)CNCCN)cc1. The average Bonchev–Trinajstić information content (AvgIpc) is 2.59. The smallest absolute Gasteiger partial charge is 0.119 e. The van der Waals surface area contributed by atoms with Crippen molar-refractivity contribution >= 4 is 0 Å². The minimum atomic E-state index is -0.585. The van der Waals surface area contributed by atoms with E-state index in [1.165, 1.54) is 0 Å². The third kappa shape index (κ3) is 9.69. The molecule has 0 spiro atoms. The van der Waals surface area contributed by atoms with Crippen LogP contribution in [0.5, 0.6) is 11.5 Å². The van der Waals surface area contributed by atoms with Crippen LogP contribution >= 0.6 is 0 Å². The largest absolute Gasteiger partial charge is 0.491 e. The van der Waals surface area contributed by atoms with Crippen LogP contribution in [0.1, 0.15) is 13.3 Å². The summed E-state index contributed by atoms with van der Waals surface area (Å²) in [5, 5.41) is 25.7. The molecule has 0 aliphatic rings. The van der Waals surface area contributed by atoms with Crippen LogP contribution in [0.4, 0.5) is 0 Å². The summed E-state index contributed by atoms with van der Waals surface area (Å²) in [6.45, 7) is 5.59. The molecule has 0 radical (unpaired) electrons. The van der Waals surface area contributed by atoms with Crippen LogP contribution in [-0.4, -0.2) is 68.4 Å². The molecule has 6 N–H and O–H groups in total. The molecule has 0 aliphatic heterocycles. The number of rotatable bonds is 14. The molecule has 1 aromatic carbocycles. The van der Waals surface area contributed by atoms with Crippen molar-refractivity contribution < 1.29 is 19.7 Å². The van der Waals surface area contributed by atoms with Gasteiger partial charge in [-0.1, -0.05) is 6.92 Å². The summed E-state index contributed by atoms with van der Waals surface area (Å²) in [4.78, 5) is 0. The fourth-order valence-electron chi connectivity index (χ4n) is 1.95. The van der Waals surface area contributed by atoms with Crippen molar-refractivity contribution in [3.8, 4) is 11.5 Å². The molecule has 24 heavy (non-hydrogen) atoms. The molecule has 7 nitrogen and oxygen atoms in total. The van der Waals surface area contributed by atoms with Crippen LogP contribution < -0.4 is 25.8 Å². The molecular formula is C17H31N3O4. The van der Waals surface area contributed by atoms with Crippen LogP contribution in [0.25, 0.3) is 0 Å². The summed E-state index contributed by atoms with van der Waals surface area (Å²) in [7, 11) is 0. The van der Waals surface area contributed by atoms with Crippen LogP contribution in [0.15, 0.2) is 24.3 Å². The highest BCUT2D eigenvalue weighted by atomic mass is 16.5. The van der Waals surface area contributed by atoms with E-state index in [0.717, 1.165) is 13.0 Å². The molecule has 1 aromatic rings. The Bertz CT molecular complexity index is 378. The Labute approximate surface area is 144 Å².